The first kappa shape index (κ1) is 15.8. The molecule has 23 heavy (non-hydrogen) atoms. The Morgan fingerprint density at radius 3 is 2.57 bits per heavy atom. The third-order valence-electron chi connectivity index (χ3n) is 4.49. The first-order chi connectivity index (χ1) is 10.8. The molecule has 1 fully saturated rings. The summed E-state index contributed by atoms with van der Waals surface area (Å²) in [5.41, 5.74) is 1.20. The maximum absolute atomic E-state index is 12.5. The van der Waals surface area contributed by atoms with Crippen LogP contribution in [0.4, 0.5) is 0 Å². The van der Waals surface area contributed by atoms with Crippen LogP contribution in [0.5, 0.6) is 0 Å². The lowest BCUT2D eigenvalue weighted by atomic mass is 10.2. The highest BCUT2D eigenvalue weighted by Crippen LogP contribution is 2.17. The standard InChI is InChI=1S/C15H19N3O4S/c1-16(11-7-8-23(21,22)10-11)14(19)9-18-13-6-4-3-5-12(13)17(2)15(18)20/h3-6,11H,7-10H2,1-2H3. The molecule has 0 radical (unpaired) electrons. The monoisotopic (exact) mass is 337 g/mol. The number of aryl methyl sites for hydroxylation is 1. The second-order valence-corrected chi connectivity index (χ2v) is 8.21. The van der Waals surface area contributed by atoms with E-state index in [0.717, 1.165) is 5.52 Å². The Bertz CT molecular complexity index is 926. The summed E-state index contributed by atoms with van der Waals surface area (Å²) in [4.78, 5) is 26.3. The Balaban J connectivity index is 1.86. The predicted octanol–water partition coefficient (Wildman–Crippen LogP) is -0.0145. The smallest absolute Gasteiger partial charge is 0.329 e. The van der Waals surface area contributed by atoms with Gasteiger partial charge >= 0.3 is 5.69 Å². The van der Waals surface area contributed by atoms with Crippen molar-refractivity contribution in [2.24, 2.45) is 7.05 Å². The fraction of sp³-hybridized carbons (Fsp3) is 0.467. The Morgan fingerprint density at radius 2 is 1.96 bits per heavy atom. The molecule has 2 heterocycles. The molecule has 0 aliphatic carbocycles. The topological polar surface area (TPSA) is 81.4 Å². The van der Waals surface area contributed by atoms with Crippen molar-refractivity contribution < 1.29 is 13.2 Å². The van der Waals surface area contributed by atoms with Gasteiger partial charge in [-0.3, -0.25) is 13.9 Å². The number of rotatable bonds is 3. The molecule has 124 valence electrons. The minimum atomic E-state index is -3.05. The molecule has 1 atom stereocenters. The minimum Gasteiger partial charge on any atom is -0.340 e. The van der Waals surface area contributed by atoms with Crippen molar-refractivity contribution >= 4 is 26.8 Å². The number of para-hydroxylation sites is 2. The SMILES string of the molecule is CN(C(=O)Cn1c(=O)n(C)c2ccccc21)C1CCS(=O)(=O)C1. The summed E-state index contributed by atoms with van der Waals surface area (Å²) in [6, 6.07) is 6.97. The van der Waals surface area contributed by atoms with E-state index >= 15 is 0 Å². The maximum Gasteiger partial charge on any atom is 0.329 e. The van der Waals surface area contributed by atoms with E-state index in [9.17, 15) is 18.0 Å². The first-order valence-electron chi connectivity index (χ1n) is 7.40. The number of benzene rings is 1. The summed E-state index contributed by atoms with van der Waals surface area (Å²) >= 11 is 0. The van der Waals surface area contributed by atoms with Gasteiger partial charge in [0.25, 0.3) is 0 Å². The number of likely N-dealkylation sites (N-methyl/N-ethyl adjacent to an activating group) is 1. The molecule has 0 N–H and O–H groups in total. The van der Waals surface area contributed by atoms with Gasteiger partial charge in [-0.05, 0) is 18.6 Å². The molecular formula is C15H19N3O4S. The Kier molecular flexibility index (Phi) is 3.79. The van der Waals surface area contributed by atoms with E-state index in [-0.39, 0.29) is 35.7 Å². The molecule has 1 aromatic heterocycles. The molecule has 1 aliphatic rings. The van der Waals surface area contributed by atoms with Crippen molar-refractivity contribution in [2.75, 3.05) is 18.6 Å². The summed E-state index contributed by atoms with van der Waals surface area (Å²) in [6.07, 6.45) is 0.453. The highest BCUT2D eigenvalue weighted by molar-refractivity contribution is 7.91. The largest absolute Gasteiger partial charge is 0.340 e. The van der Waals surface area contributed by atoms with E-state index in [1.807, 2.05) is 18.2 Å². The van der Waals surface area contributed by atoms with Gasteiger partial charge in [-0.15, -0.1) is 0 Å². The fourth-order valence-corrected chi connectivity index (χ4v) is 4.82. The van der Waals surface area contributed by atoms with E-state index in [1.165, 1.54) is 14.0 Å². The molecule has 0 saturated carbocycles. The molecule has 1 saturated heterocycles. The van der Waals surface area contributed by atoms with Gasteiger partial charge in [-0.1, -0.05) is 12.1 Å². The highest BCUT2D eigenvalue weighted by atomic mass is 32.2. The number of carbonyl (C=O) groups excluding carboxylic acids is 1. The van der Waals surface area contributed by atoms with Crippen LogP contribution in [0.1, 0.15) is 6.42 Å². The normalized spacial score (nSPS) is 20.0. The van der Waals surface area contributed by atoms with Gasteiger partial charge in [0.2, 0.25) is 5.91 Å². The molecule has 7 nitrogen and oxygen atoms in total. The van der Waals surface area contributed by atoms with E-state index in [2.05, 4.69) is 0 Å². The molecule has 0 bridgehead atoms. The molecule has 0 spiro atoms. The number of amides is 1. The lowest BCUT2D eigenvalue weighted by molar-refractivity contribution is -0.132. The molecule has 1 aliphatic heterocycles. The number of carbonyl (C=O) groups is 1. The van der Waals surface area contributed by atoms with Crippen LogP contribution in [-0.2, 0) is 28.2 Å². The third kappa shape index (κ3) is 2.78. The zero-order chi connectivity index (χ0) is 16.8. The van der Waals surface area contributed by atoms with Crippen molar-refractivity contribution in [2.45, 2.75) is 19.0 Å². The van der Waals surface area contributed by atoms with Crippen LogP contribution in [0.25, 0.3) is 11.0 Å². The third-order valence-corrected chi connectivity index (χ3v) is 6.24. The lowest BCUT2D eigenvalue weighted by Crippen LogP contribution is -2.41. The van der Waals surface area contributed by atoms with Gasteiger partial charge in [-0.25, -0.2) is 13.2 Å². The zero-order valence-electron chi connectivity index (χ0n) is 13.1. The van der Waals surface area contributed by atoms with Crippen LogP contribution in [0.2, 0.25) is 0 Å². The average molecular weight is 337 g/mol. The lowest BCUT2D eigenvalue weighted by Gasteiger charge is -2.23. The van der Waals surface area contributed by atoms with E-state index in [4.69, 9.17) is 0 Å². The van der Waals surface area contributed by atoms with Crippen LogP contribution in [0, 0.1) is 0 Å². The van der Waals surface area contributed by atoms with Gasteiger partial charge in [0.05, 0.1) is 22.5 Å². The fourth-order valence-electron chi connectivity index (χ4n) is 3.05. The van der Waals surface area contributed by atoms with Crippen LogP contribution in [-0.4, -0.2) is 53.0 Å². The van der Waals surface area contributed by atoms with Crippen molar-refractivity contribution in [1.82, 2.24) is 14.0 Å². The Morgan fingerprint density at radius 1 is 1.30 bits per heavy atom. The van der Waals surface area contributed by atoms with Crippen LogP contribution in [0.3, 0.4) is 0 Å². The number of hydrogen-bond donors (Lipinski definition) is 0. The second kappa shape index (κ2) is 5.52. The van der Waals surface area contributed by atoms with Crippen LogP contribution < -0.4 is 5.69 Å². The minimum absolute atomic E-state index is 0.000321. The molecule has 1 aromatic carbocycles. The second-order valence-electron chi connectivity index (χ2n) is 5.98. The van der Waals surface area contributed by atoms with E-state index in [0.29, 0.717) is 11.9 Å². The average Bonchev–Trinajstić information content (AvgIpc) is 3.00. The molecule has 1 amide bonds. The Labute approximate surface area is 134 Å². The number of nitrogens with zero attached hydrogens (tertiary/aromatic N) is 3. The number of sulfone groups is 1. The summed E-state index contributed by atoms with van der Waals surface area (Å²) in [6.45, 7) is -0.0900. The number of hydrogen-bond acceptors (Lipinski definition) is 4. The van der Waals surface area contributed by atoms with Crippen molar-refractivity contribution in [3.8, 4) is 0 Å². The first-order valence-corrected chi connectivity index (χ1v) is 9.22. The molecule has 2 aromatic rings. The van der Waals surface area contributed by atoms with E-state index in [1.54, 1.807) is 20.2 Å². The van der Waals surface area contributed by atoms with Gasteiger partial charge in [0.1, 0.15) is 6.54 Å². The summed E-state index contributed by atoms with van der Waals surface area (Å²) < 4.78 is 26.1. The quantitative estimate of drug-likeness (QED) is 0.789. The molecule has 8 heteroatoms. The number of fused-ring (bicyclic) bond motifs is 1. The van der Waals surface area contributed by atoms with Gasteiger partial charge in [0, 0.05) is 20.1 Å². The predicted molar refractivity (Wildman–Crippen MR) is 87.0 cm³/mol. The van der Waals surface area contributed by atoms with Gasteiger partial charge in [0.15, 0.2) is 9.84 Å². The van der Waals surface area contributed by atoms with Gasteiger partial charge in [-0.2, -0.15) is 0 Å². The zero-order valence-corrected chi connectivity index (χ0v) is 13.9. The van der Waals surface area contributed by atoms with Crippen molar-refractivity contribution in [3.05, 3.63) is 34.7 Å². The number of imidazole rings is 1. The van der Waals surface area contributed by atoms with Crippen molar-refractivity contribution in [3.63, 3.8) is 0 Å². The summed E-state index contributed by atoms with van der Waals surface area (Å²) in [5, 5.41) is 0. The van der Waals surface area contributed by atoms with Crippen molar-refractivity contribution in [1.29, 1.82) is 0 Å². The van der Waals surface area contributed by atoms with Crippen LogP contribution in [0.15, 0.2) is 29.1 Å². The maximum atomic E-state index is 12.5. The highest BCUT2D eigenvalue weighted by Gasteiger charge is 2.33. The Hall–Kier alpha value is -2.09. The molecule has 1 unspecified atom stereocenters. The van der Waals surface area contributed by atoms with Crippen LogP contribution >= 0.6 is 0 Å². The summed E-state index contributed by atoms with van der Waals surface area (Å²) in [7, 11) is 0.215. The molecule has 3 rings (SSSR count). The molecular weight excluding hydrogens is 318 g/mol. The summed E-state index contributed by atoms with van der Waals surface area (Å²) in [5.74, 6) is -0.144. The van der Waals surface area contributed by atoms with Gasteiger partial charge < -0.3 is 4.90 Å². The number of aromatic nitrogens is 2. The van der Waals surface area contributed by atoms with E-state index < -0.39 is 9.84 Å².